The van der Waals surface area contributed by atoms with Gasteiger partial charge in [0.15, 0.2) is 0 Å². The topological polar surface area (TPSA) is 46.6 Å². The first-order valence-corrected chi connectivity index (χ1v) is 5.66. The van der Waals surface area contributed by atoms with E-state index in [9.17, 15) is 9.59 Å². The quantitative estimate of drug-likeness (QED) is 0.734. The summed E-state index contributed by atoms with van der Waals surface area (Å²) in [6.45, 7) is 0.845. The summed E-state index contributed by atoms with van der Waals surface area (Å²) in [6.07, 6.45) is 3.28. The van der Waals surface area contributed by atoms with Gasteiger partial charge in [-0.1, -0.05) is 30.3 Å². The highest BCUT2D eigenvalue weighted by Gasteiger charge is 2.31. The molecule has 1 aromatic carbocycles. The van der Waals surface area contributed by atoms with Crippen LogP contribution in [0.5, 0.6) is 0 Å². The molecule has 1 aromatic rings. The molecule has 1 amide bonds. The standard InChI is InChI=1S/C13H14NO3/c15-10-14-8-4-7-12(14)13(16)17-9-11-5-2-1-3-6-11/h1-3,5-6,12H,4,7-9H2. The molecule has 1 aliphatic rings. The summed E-state index contributed by atoms with van der Waals surface area (Å²) >= 11 is 0. The van der Waals surface area contributed by atoms with Crippen molar-refractivity contribution in [1.29, 1.82) is 0 Å². The number of esters is 1. The highest BCUT2D eigenvalue weighted by atomic mass is 16.5. The minimum atomic E-state index is -0.448. The molecule has 0 saturated carbocycles. The number of carbonyl (C=O) groups excluding carboxylic acids is 2. The third-order valence-electron chi connectivity index (χ3n) is 2.87. The molecule has 1 atom stereocenters. The monoisotopic (exact) mass is 232 g/mol. The van der Waals surface area contributed by atoms with Gasteiger partial charge in [0.2, 0.25) is 0 Å². The average molecular weight is 232 g/mol. The molecule has 0 aliphatic carbocycles. The molecule has 0 spiro atoms. The molecule has 4 heteroatoms. The molecule has 4 nitrogen and oxygen atoms in total. The summed E-state index contributed by atoms with van der Waals surface area (Å²) in [4.78, 5) is 23.7. The van der Waals surface area contributed by atoms with Crippen molar-refractivity contribution in [2.75, 3.05) is 6.54 Å². The Labute approximate surface area is 100 Å². The van der Waals surface area contributed by atoms with Crippen LogP contribution in [-0.4, -0.2) is 29.9 Å². The van der Waals surface area contributed by atoms with E-state index in [1.165, 1.54) is 4.90 Å². The van der Waals surface area contributed by atoms with E-state index in [1.54, 1.807) is 6.41 Å². The molecule has 89 valence electrons. The largest absolute Gasteiger partial charge is 0.459 e. The predicted molar refractivity (Wildman–Crippen MR) is 61.7 cm³/mol. The van der Waals surface area contributed by atoms with Gasteiger partial charge >= 0.3 is 12.4 Å². The summed E-state index contributed by atoms with van der Waals surface area (Å²) in [5.41, 5.74) is 0.945. The normalized spacial score (nSPS) is 19.1. The number of hydrogen-bond donors (Lipinski definition) is 0. The Hall–Kier alpha value is -1.84. The van der Waals surface area contributed by atoms with Crippen molar-refractivity contribution in [3.05, 3.63) is 35.9 Å². The first kappa shape index (κ1) is 11.6. The molecular formula is C13H14NO3. The molecular weight excluding hydrogens is 218 g/mol. The van der Waals surface area contributed by atoms with Crippen LogP contribution in [0.15, 0.2) is 30.3 Å². The van der Waals surface area contributed by atoms with E-state index in [1.807, 2.05) is 30.3 Å². The van der Waals surface area contributed by atoms with E-state index in [0.29, 0.717) is 13.0 Å². The number of rotatable bonds is 4. The maximum absolute atomic E-state index is 11.7. The Bertz CT molecular complexity index is 391. The van der Waals surface area contributed by atoms with Crippen LogP contribution in [0.4, 0.5) is 0 Å². The molecule has 0 bridgehead atoms. The lowest BCUT2D eigenvalue weighted by molar-refractivity contribution is -0.149. The van der Waals surface area contributed by atoms with E-state index in [0.717, 1.165) is 12.0 Å². The van der Waals surface area contributed by atoms with Crippen molar-refractivity contribution in [3.8, 4) is 0 Å². The number of hydrogen-bond acceptors (Lipinski definition) is 3. The Morgan fingerprint density at radius 2 is 2.18 bits per heavy atom. The van der Waals surface area contributed by atoms with Gasteiger partial charge in [-0.3, -0.25) is 4.79 Å². The van der Waals surface area contributed by atoms with Gasteiger partial charge < -0.3 is 9.64 Å². The fraction of sp³-hybridized carbons (Fsp3) is 0.385. The molecule has 17 heavy (non-hydrogen) atoms. The number of ether oxygens (including phenoxy) is 1. The number of amides is 1. The van der Waals surface area contributed by atoms with Gasteiger partial charge in [-0.05, 0) is 18.4 Å². The maximum Gasteiger partial charge on any atom is 0.329 e. The van der Waals surface area contributed by atoms with Crippen molar-refractivity contribution in [2.45, 2.75) is 25.5 Å². The fourth-order valence-corrected chi connectivity index (χ4v) is 1.95. The van der Waals surface area contributed by atoms with E-state index in [2.05, 4.69) is 0 Å². The predicted octanol–water partition coefficient (Wildman–Crippen LogP) is 1.26. The van der Waals surface area contributed by atoms with Crippen LogP contribution >= 0.6 is 0 Å². The number of likely N-dealkylation sites (tertiary alicyclic amines) is 1. The minimum Gasteiger partial charge on any atom is -0.459 e. The van der Waals surface area contributed by atoms with Gasteiger partial charge in [-0.25, -0.2) is 4.79 Å². The van der Waals surface area contributed by atoms with Crippen molar-refractivity contribution in [2.24, 2.45) is 0 Å². The molecule has 2 rings (SSSR count). The second-order valence-corrected chi connectivity index (χ2v) is 4.04. The van der Waals surface area contributed by atoms with E-state index in [4.69, 9.17) is 4.74 Å². The van der Waals surface area contributed by atoms with Crippen molar-refractivity contribution >= 4 is 12.4 Å². The zero-order valence-electron chi connectivity index (χ0n) is 9.46. The van der Waals surface area contributed by atoms with Gasteiger partial charge in [0.1, 0.15) is 12.6 Å². The Morgan fingerprint density at radius 1 is 1.41 bits per heavy atom. The van der Waals surface area contributed by atoms with Crippen LogP contribution in [0.3, 0.4) is 0 Å². The second kappa shape index (κ2) is 5.48. The van der Waals surface area contributed by atoms with Gasteiger partial charge in [0.05, 0.1) is 0 Å². The van der Waals surface area contributed by atoms with Crippen LogP contribution in [0.25, 0.3) is 0 Å². The van der Waals surface area contributed by atoms with Crippen LogP contribution in [-0.2, 0) is 20.9 Å². The zero-order valence-corrected chi connectivity index (χ0v) is 9.46. The number of benzene rings is 1. The smallest absolute Gasteiger partial charge is 0.329 e. The lowest BCUT2D eigenvalue weighted by atomic mass is 10.2. The van der Waals surface area contributed by atoms with Crippen molar-refractivity contribution in [3.63, 3.8) is 0 Å². The Balaban J connectivity index is 1.87. The van der Waals surface area contributed by atoms with Crippen molar-refractivity contribution < 1.29 is 14.3 Å². The minimum absolute atomic E-state index is 0.253. The van der Waals surface area contributed by atoms with Crippen molar-refractivity contribution in [1.82, 2.24) is 4.90 Å². The van der Waals surface area contributed by atoms with E-state index in [-0.39, 0.29) is 12.6 Å². The van der Waals surface area contributed by atoms with Crippen LogP contribution in [0.1, 0.15) is 18.4 Å². The third-order valence-corrected chi connectivity index (χ3v) is 2.87. The van der Waals surface area contributed by atoms with E-state index >= 15 is 0 Å². The zero-order chi connectivity index (χ0) is 12.1. The SMILES string of the molecule is O=[C]N1CCCC1C(=O)OCc1ccccc1. The number of carbonyl (C=O) groups is 1. The summed E-state index contributed by atoms with van der Waals surface area (Å²) in [7, 11) is 0. The van der Waals surface area contributed by atoms with Gasteiger partial charge in [0.25, 0.3) is 0 Å². The first-order valence-electron chi connectivity index (χ1n) is 5.66. The lowest BCUT2D eigenvalue weighted by Gasteiger charge is -2.17. The summed E-state index contributed by atoms with van der Waals surface area (Å²) in [6, 6.07) is 9.04. The molecule has 1 fully saturated rings. The second-order valence-electron chi connectivity index (χ2n) is 4.04. The highest BCUT2D eigenvalue weighted by Crippen LogP contribution is 2.17. The summed E-state index contributed by atoms with van der Waals surface area (Å²) in [5.74, 6) is -0.338. The van der Waals surface area contributed by atoms with Crippen LogP contribution in [0.2, 0.25) is 0 Å². The molecule has 1 unspecified atom stereocenters. The lowest BCUT2D eigenvalue weighted by Crippen LogP contribution is -2.36. The maximum atomic E-state index is 11.7. The molecule has 1 aliphatic heterocycles. The van der Waals surface area contributed by atoms with E-state index < -0.39 is 6.04 Å². The molecule has 0 N–H and O–H groups in total. The fourth-order valence-electron chi connectivity index (χ4n) is 1.95. The number of nitrogens with zero attached hydrogens (tertiary/aromatic N) is 1. The molecule has 1 radical (unpaired) electrons. The first-order chi connectivity index (χ1) is 8.31. The molecule has 1 saturated heterocycles. The molecule has 0 aromatic heterocycles. The Kier molecular flexibility index (Phi) is 3.75. The highest BCUT2D eigenvalue weighted by molar-refractivity contribution is 5.78. The van der Waals surface area contributed by atoms with Crippen LogP contribution < -0.4 is 0 Å². The van der Waals surface area contributed by atoms with Gasteiger partial charge in [0, 0.05) is 6.54 Å². The Morgan fingerprint density at radius 3 is 2.88 bits per heavy atom. The van der Waals surface area contributed by atoms with Crippen LogP contribution in [0, 0.1) is 0 Å². The van der Waals surface area contributed by atoms with Gasteiger partial charge in [-0.2, -0.15) is 0 Å². The van der Waals surface area contributed by atoms with Gasteiger partial charge in [-0.15, -0.1) is 0 Å². The summed E-state index contributed by atoms with van der Waals surface area (Å²) < 4.78 is 5.18. The average Bonchev–Trinajstić information content (AvgIpc) is 2.85. The third kappa shape index (κ3) is 2.84. The summed E-state index contributed by atoms with van der Waals surface area (Å²) in [5, 5.41) is 0. The molecule has 1 heterocycles.